The third-order valence-electron chi connectivity index (χ3n) is 4.25. The van der Waals surface area contributed by atoms with Gasteiger partial charge in [0.05, 0.1) is 24.3 Å². The molecule has 2 aromatic carbocycles. The van der Waals surface area contributed by atoms with Crippen molar-refractivity contribution < 1.29 is 39.2 Å². The molecule has 0 heterocycles. The van der Waals surface area contributed by atoms with Crippen LogP contribution >= 0.6 is 11.6 Å². The van der Waals surface area contributed by atoms with Gasteiger partial charge in [-0.15, -0.1) is 0 Å². The number of methoxy groups -OCH3 is 1. The number of ketones is 1. The van der Waals surface area contributed by atoms with E-state index >= 15 is 0 Å². The number of aliphatic carboxylic acids is 1. The number of aromatic hydroxyl groups is 1. The molecule has 0 radical (unpaired) electrons. The Labute approximate surface area is 176 Å². The molecule has 0 aromatic heterocycles. The number of halogens is 1. The Hall–Kier alpha value is -3.52. The van der Waals surface area contributed by atoms with Crippen molar-refractivity contribution in [2.75, 3.05) is 7.11 Å². The molecule has 1 atom stereocenters. The van der Waals surface area contributed by atoms with Crippen LogP contribution in [0.3, 0.4) is 0 Å². The number of carbonyl (C=O) groups is 3. The predicted molar refractivity (Wildman–Crippen MR) is 108 cm³/mol. The summed E-state index contributed by atoms with van der Waals surface area (Å²) in [4.78, 5) is 35.9. The van der Waals surface area contributed by atoms with Gasteiger partial charge in [0.25, 0.3) is 0 Å². The number of hydrogen-bond acceptors (Lipinski definition) is 6. The van der Waals surface area contributed by atoms with E-state index in [1.54, 1.807) is 6.92 Å². The molecule has 0 fully saturated rings. The largest absolute Gasteiger partial charge is 0.507 e. The van der Waals surface area contributed by atoms with Crippen LogP contribution in [0.4, 0.5) is 0 Å². The summed E-state index contributed by atoms with van der Waals surface area (Å²) in [5.74, 6) is -4.93. The Morgan fingerprint density at radius 1 is 1.17 bits per heavy atom. The average molecular weight is 435 g/mol. The summed E-state index contributed by atoms with van der Waals surface area (Å²) in [6.07, 6.45) is 2.26. The topological polar surface area (TPSA) is 130 Å². The summed E-state index contributed by atoms with van der Waals surface area (Å²) < 4.78 is 10.4. The molecule has 0 unspecified atom stereocenters. The second-order valence-electron chi connectivity index (χ2n) is 6.32. The number of hydrogen-bond donors (Lipinski definition) is 3. The Bertz CT molecular complexity index is 1040. The second kappa shape index (κ2) is 9.32. The normalized spacial score (nSPS) is 11.9. The highest BCUT2D eigenvalue weighted by atomic mass is 35.5. The SMILES string of the molecule is COc1c(Cl)c(C)cc(O)c1C(=O)c1cccc(O/C=C/[C@@H](C)C(=O)O)c1C(=O)O. The summed E-state index contributed by atoms with van der Waals surface area (Å²) in [7, 11) is 1.27. The zero-order valence-corrected chi connectivity index (χ0v) is 17.1. The highest BCUT2D eigenvalue weighted by Crippen LogP contribution is 2.40. The van der Waals surface area contributed by atoms with E-state index in [-0.39, 0.29) is 27.6 Å². The van der Waals surface area contributed by atoms with Crippen molar-refractivity contribution in [2.24, 2.45) is 5.92 Å². The van der Waals surface area contributed by atoms with Crippen molar-refractivity contribution in [3.05, 3.63) is 63.9 Å². The molecule has 158 valence electrons. The maximum atomic E-state index is 13.1. The molecule has 30 heavy (non-hydrogen) atoms. The van der Waals surface area contributed by atoms with Gasteiger partial charge in [0.1, 0.15) is 22.6 Å². The van der Waals surface area contributed by atoms with Gasteiger partial charge in [0, 0.05) is 5.56 Å². The first kappa shape index (κ1) is 22.8. The van der Waals surface area contributed by atoms with E-state index in [9.17, 15) is 24.6 Å². The third kappa shape index (κ3) is 4.55. The lowest BCUT2D eigenvalue weighted by Gasteiger charge is -2.15. The van der Waals surface area contributed by atoms with Gasteiger partial charge in [0.2, 0.25) is 5.78 Å². The minimum Gasteiger partial charge on any atom is -0.507 e. The molecule has 3 N–H and O–H groups in total. The molecule has 0 saturated carbocycles. The monoisotopic (exact) mass is 434 g/mol. The number of carboxylic acids is 2. The van der Waals surface area contributed by atoms with Crippen molar-refractivity contribution in [3.63, 3.8) is 0 Å². The zero-order valence-electron chi connectivity index (χ0n) is 16.3. The Kier molecular flexibility index (Phi) is 7.07. The van der Waals surface area contributed by atoms with Crippen LogP contribution in [0.1, 0.15) is 38.8 Å². The highest BCUT2D eigenvalue weighted by molar-refractivity contribution is 6.34. The summed E-state index contributed by atoms with van der Waals surface area (Å²) >= 11 is 6.17. The molecule has 0 amide bonds. The molecular formula is C21H19ClO8. The summed E-state index contributed by atoms with van der Waals surface area (Å²) in [5.41, 5.74) is -0.555. The molecule has 0 aliphatic heterocycles. The van der Waals surface area contributed by atoms with Crippen LogP contribution in [0, 0.1) is 12.8 Å². The van der Waals surface area contributed by atoms with Gasteiger partial charge >= 0.3 is 11.9 Å². The molecule has 2 rings (SSSR count). The van der Waals surface area contributed by atoms with Gasteiger partial charge in [-0.2, -0.15) is 0 Å². The van der Waals surface area contributed by atoms with E-state index < -0.39 is 35.0 Å². The molecule has 0 bridgehead atoms. The lowest BCUT2D eigenvalue weighted by Crippen LogP contribution is -2.13. The number of aryl methyl sites for hydroxylation is 1. The van der Waals surface area contributed by atoms with E-state index in [1.165, 1.54) is 44.4 Å². The lowest BCUT2D eigenvalue weighted by molar-refractivity contribution is -0.139. The van der Waals surface area contributed by atoms with Crippen LogP contribution in [-0.2, 0) is 4.79 Å². The number of phenolic OH excluding ortho intramolecular Hbond substituents is 1. The second-order valence-corrected chi connectivity index (χ2v) is 6.70. The number of ether oxygens (including phenoxy) is 2. The van der Waals surface area contributed by atoms with Crippen molar-refractivity contribution in [1.29, 1.82) is 0 Å². The van der Waals surface area contributed by atoms with Crippen molar-refractivity contribution >= 4 is 29.3 Å². The number of carbonyl (C=O) groups excluding carboxylic acids is 1. The van der Waals surface area contributed by atoms with Gasteiger partial charge in [0.15, 0.2) is 5.75 Å². The number of carboxylic acid groups (broad SMARTS) is 2. The first-order chi connectivity index (χ1) is 14.1. The van der Waals surface area contributed by atoms with Gasteiger partial charge in [-0.1, -0.05) is 17.7 Å². The number of aromatic carboxylic acids is 1. The van der Waals surface area contributed by atoms with Crippen LogP contribution in [0.15, 0.2) is 36.6 Å². The molecule has 2 aromatic rings. The van der Waals surface area contributed by atoms with E-state index in [0.29, 0.717) is 5.56 Å². The van der Waals surface area contributed by atoms with E-state index in [4.69, 9.17) is 26.2 Å². The minimum absolute atomic E-state index is 0.0861. The van der Waals surface area contributed by atoms with E-state index in [2.05, 4.69) is 0 Å². The molecule has 0 aliphatic carbocycles. The number of phenols is 1. The average Bonchev–Trinajstić information content (AvgIpc) is 2.69. The predicted octanol–water partition coefficient (Wildman–Crippen LogP) is 3.91. The van der Waals surface area contributed by atoms with Gasteiger partial charge in [-0.25, -0.2) is 4.79 Å². The summed E-state index contributed by atoms with van der Waals surface area (Å²) in [6, 6.07) is 5.24. The summed E-state index contributed by atoms with van der Waals surface area (Å²) in [6.45, 7) is 3.02. The van der Waals surface area contributed by atoms with Gasteiger partial charge in [-0.05, 0) is 43.7 Å². The fourth-order valence-corrected chi connectivity index (χ4v) is 2.87. The van der Waals surface area contributed by atoms with Crippen LogP contribution in [-0.4, -0.2) is 40.2 Å². The van der Waals surface area contributed by atoms with Crippen molar-refractivity contribution in [2.45, 2.75) is 13.8 Å². The molecular weight excluding hydrogens is 416 g/mol. The van der Waals surface area contributed by atoms with Crippen LogP contribution in [0.25, 0.3) is 0 Å². The molecule has 0 saturated heterocycles. The minimum atomic E-state index is -1.45. The quantitative estimate of drug-likeness (QED) is 0.421. The van der Waals surface area contributed by atoms with Gasteiger partial charge < -0.3 is 24.8 Å². The first-order valence-corrected chi connectivity index (χ1v) is 9.01. The smallest absolute Gasteiger partial charge is 0.340 e. The number of rotatable bonds is 8. The van der Waals surface area contributed by atoms with E-state index in [1.807, 2.05) is 0 Å². The lowest BCUT2D eigenvalue weighted by atomic mass is 9.95. The Morgan fingerprint density at radius 2 is 1.83 bits per heavy atom. The molecule has 8 nitrogen and oxygen atoms in total. The van der Waals surface area contributed by atoms with Crippen LogP contribution in [0.2, 0.25) is 5.02 Å². The summed E-state index contributed by atoms with van der Waals surface area (Å²) in [5, 5.41) is 29.0. The first-order valence-electron chi connectivity index (χ1n) is 8.63. The van der Waals surface area contributed by atoms with Crippen molar-refractivity contribution in [3.8, 4) is 17.2 Å². The van der Waals surface area contributed by atoms with Crippen LogP contribution in [0.5, 0.6) is 17.2 Å². The van der Waals surface area contributed by atoms with Crippen LogP contribution < -0.4 is 9.47 Å². The third-order valence-corrected chi connectivity index (χ3v) is 4.72. The molecule has 0 spiro atoms. The van der Waals surface area contributed by atoms with Gasteiger partial charge in [-0.3, -0.25) is 9.59 Å². The molecule has 0 aliphatic rings. The fourth-order valence-electron chi connectivity index (χ4n) is 2.64. The van der Waals surface area contributed by atoms with Crippen molar-refractivity contribution in [1.82, 2.24) is 0 Å². The Morgan fingerprint density at radius 3 is 2.40 bits per heavy atom. The fraction of sp³-hybridized carbons (Fsp3) is 0.190. The number of benzene rings is 2. The Balaban J connectivity index is 2.58. The molecule has 9 heteroatoms. The highest BCUT2D eigenvalue weighted by Gasteiger charge is 2.28. The van der Waals surface area contributed by atoms with E-state index in [0.717, 1.165) is 6.26 Å². The zero-order chi connectivity index (χ0) is 22.6. The maximum absolute atomic E-state index is 13.1. The maximum Gasteiger partial charge on any atom is 0.340 e. The standard InChI is InChI=1S/C21H19ClO8/c1-10(20(25)26)7-8-30-14-6-4-5-12(15(14)21(27)28)18(24)16-13(23)9-11(2)17(22)19(16)29-3/h4-10,23H,1-3H3,(H,25,26)(H,27,28)/b8-7+/t10-/m1/s1.